The lowest BCUT2D eigenvalue weighted by Gasteiger charge is -2.26. The summed E-state index contributed by atoms with van der Waals surface area (Å²) >= 11 is 0. The van der Waals surface area contributed by atoms with E-state index in [0.29, 0.717) is 13.1 Å². The molecule has 9 heteroatoms. The van der Waals surface area contributed by atoms with Gasteiger partial charge in [0.25, 0.3) is 5.69 Å². The molecule has 126 valence electrons. The van der Waals surface area contributed by atoms with Crippen molar-refractivity contribution in [2.75, 3.05) is 13.1 Å². The summed E-state index contributed by atoms with van der Waals surface area (Å²) in [5, 5.41) is 10.9. The van der Waals surface area contributed by atoms with Gasteiger partial charge in [0.2, 0.25) is 0 Å². The van der Waals surface area contributed by atoms with Crippen molar-refractivity contribution in [2.24, 2.45) is 0 Å². The van der Waals surface area contributed by atoms with E-state index in [4.69, 9.17) is 4.74 Å². The lowest BCUT2D eigenvalue weighted by molar-refractivity contribution is -0.386. The summed E-state index contributed by atoms with van der Waals surface area (Å²) in [7, 11) is 0. The first-order chi connectivity index (χ1) is 10.8. The zero-order chi connectivity index (χ0) is 17.0. The number of nitro groups is 1. The van der Waals surface area contributed by atoms with Crippen molar-refractivity contribution in [2.45, 2.75) is 32.0 Å². The molecule has 0 aromatic heterocycles. The summed E-state index contributed by atoms with van der Waals surface area (Å²) in [4.78, 5) is 23.3. The van der Waals surface area contributed by atoms with Gasteiger partial charge in [-0.25, -0.2) is 4.79 Å². The minimum atomic E-state index is -4.76. The molecule has 0 N–H and O–H groups in total. The van der Waals surface area contributed by atoms with Crippen molar-refractivity contribution in [3.05, 3.63) is 39.4 Å². The average molecular weight is 332 g/mol. The van der Waals surface area contributed by atoms with Gasteiger partial charge < -0.3 is 9.64 Å². The van der Waals surface area contributed by atoms with Gasteiger partial charge in [-0.15, -0.1) is 0 Å². The fourth-order valence-corrected chi connectivity index (χ4v) is 2.46. The van der Waals surface area contributed by atoms with Crippen molar-refractivity contribution in [3.8, 4) is 0 Å². The summed E-state index contributed by atoms with van der Waals surface area (Å²) in [6.45, 7) is 0.158. The molecule has 1 aromatic carbocycles. The van der Waals surface area contributed by atoms with Crippen LogP contribution >= 0.6 is 0 Å². The average Bonchev–Trinajstić information content (AvgIpc) is 2.52. The van der Waals surface area contributed by atoms with Crippen LogP contribution in [-0.4, -0.2) is 29.0 Å². The standard InChI is InChI=1S/C14H15F3N2O4/c15-14(16,17)11-5-4-6-12(19(21)22)10(11)9-23-13(20)18-7-2-1-3-8-18/h4-6H,1-3,7-9H2. The Morgan fingerprint density at radius 3 is 2.48 bits per heavy atom. The van der Waals surface area contributed by atoms with Gasteiger partial charge in [-0.05, 0) is 25.3 Å². The Balaban J connectivity index is 2.20. The number of benzene rings is 1. The van der Waals surface area contributed by atoms with E-state index in [1.165, 1.54) is 4.90 Å². The number of alkyl halides is 3. The van der Waals surface area contributed by atoms with E-state index in [9.17, 15) is 28.1 Å². The Bertz CT molecular complexity index is 598. The molecular weight excluding hydrogens is 317 g/mol. The predicted octanol–water partition coefficient (Wildman–Crippen LogP) is 3.74. The van der Waals surface area contributed by atoms with Gasteiger partial charge in [-0.3, -0.25) is 10.1 Å². The molecule has 0 aliphatic carbocycles. The number of piperidine rings is 1. The topological polar surface area (TPSA) is 72.7 Å². The zero-order valence-electron chi connectivity index (χ0n) is 12.1. The minimum Gasteiger partial charge on any atom is -0.444 e. The number of nitrogens with zero attached hydrogens (tertiary/aromatic N) is 2. The third-order valence-corrected chi connectivity index (χ3v) is 3.61. The Hall–Kier alpha value is -2.32. The second-order valence-electron chi connectivity index (χ2n) is 5.16. The molecule has 1 aromatic rings. The highest BCUT2D eigenvalue weighted by atomic mass is 19.4. The van der Waals surface area contributed by atoms with Gasteiger partial charge in [0.15, 0.2) is 0 Å². The number of halogens is 3. The monoisotopic (exact) mass is 332 g/mol. The maximum Gasteiger partial charge on any atom is 0.417 e. The van der Waals surface area contributed by atoms with E-state index < -0.39 is 40.6 Å². The SMILES string of the molecule is O=C(OCc1c([N+](=O)[O-])cccc1C(F)(F)F)N1CCCCC1. The third-order valence-electron chi connectivity index (χ3n) is 3.61. The third kappa shape index (κ3) is 4.11. The Morgan fingerprint density at radius 2 is 1.91 bits per heavy atom. The van der Waals surface area contributed by atoms with Crippen LogP contribution in [-0.2, 0) is 17.5 Å². The van der Waals surface area contributed by atoms with E-state index in [-0.39, 0.29) is 0 Å². The summed E-state index contributed by atoms with van der Waals surface area (Å²) in [6, 6.07) is 2.65. The molecule has 0 bridgehead atoms. The van der Waals surface area contributed by atoms with Crippen molar-refractivity contribution in [1.29, 1.82) is 0 Å². The molecule has 23 heavy (non-hydrogen) atoms. The van der Waals surface area contributed by atoms with Crippen LogP contribution in [0.2, 0.25) is 0 Å². The molecule has 0 unspecified atom stereocenters. The summed E-state index contributed by atoms with van der Waals surface area (Å²) < 4.78 is 43.9. The van der Waals surface area contributed by atoms with Gasteiger partial charge in [0.1, 0.15) is 6.61 Å². The summed E-state index contributed by atoms with van der Waals surface area (Å²) in [6.07, 6.45) is -2.94. The van der Waals surface area contributed by atoms with Crippen molar-refractivity contribution in [3.63, 3.8) is 0 Å². The van der Waals surface area contributed by atoms with E-state index in [0.717, 1.165) is 37.5 Å². The lowest BCUT2D eigenvalue weighted by atomic mass is 10.1. The van der Waals surface area contributed by atoms with Crippen LogP contribution in [0, 0.1) is 10.1 Å². The smallest absolute Gasteiger partial charge is 0.417 e. The second-order valence-corrected chi connectivity index (χ2v) is 5.16. The van der Waals surface area contributed by atoms with E-state index >= 15 is 0 Å². The molecule has 2 rings (SSSR count). The van der Waals surface area contributed by atoms with E-state index in [1.54, 1.807) is 0 Å². The van der Waals surface area contributed by atoms with Gasteiger partial charge in [0.05, 0.1) is 16.1 Å². The molecule has 1 aliphatic rings. The molecule has 6 nitrogen and oxygen atoms in total. The maximum absolute atomic E-state index is 13.0. The predicted molar refractivity (Wildman–Crippen MR) is 73.7 cm³/mol. The van der Waals surface area contributed by atoms with Crippen LogP contribution < -0.4 is 0 Å². The summed E-state index contributed by atoms with van der Waals surface area (Å²) in [5.74, 6) is 0. The number of nitro benzene ring substituents is 1. The molecule has 0 atom stereocenters. The molecule has 1 amide bonds. The van der Waals surface area contributed by atoms with Crippen LogP contribution in [0.3, 0.4) is 0 Å². The highest BCUT2D eigenvalue weighted by Gasteiger charge is 2.37. The molecule has 1 fully saturated rings. The van der Waals surface area contributed by atoms with Crippen LogP contribution in [0.15, 0.2) is 18.2 Å². The fraction of sp³-hybridized carbons (Fsp3) is 0.500. The van der Waals surface area contributed by atoms with Crippen molar-refractivity contribution in [1.82, 2.24) is 4.90 Å². The minimum absolute atomic E-state index is 0.474. The van der Waals surface area contributed by atoms with Gasteiger partial charge >= 0.3 is 12.3 Å². The number of likely N-dealkylation sites (tertiary alicyclic amines) is 1. The normalized spacial score (nSPS) is 15.3. The quantitative estimate of drug-likeness (QED) is 0.624. The Morgan fingerprint density at radius 1 is 1.26 bits per heavy atom. The van der Waals surface area contributed by atoms with Crippen LogP contribution in [0.4, 0.5) is 23.7 Å². The number of hydrogen-bond donors (Lipinski definition) is 0. The first-order valence-corrected chi connectivity index (χ1v) is 7.06. The van der Waals surface area contributed by atoms with Gasteiger partial charge in [-0.2, -0.15) is 13.2 Å². The largest absolute Gasteiger partial charge is 0.444 e. The van der Waals surface area contributed by atoms with E-state index in [1.807, 2.05) is 0 Å². The fourth-order valence-electron chi connectivity index (χ4n) is 2.46. The first-order valence-electron chi connectivity index (χ1n) is 7.06. The van der Waals surface area contributed by atoms with Gasteiger partial charge in [-0.1, -0.05) is 6.07 Å². The van der Waals surface area contributed by atoms with Crippen LogP contribution in [0.5, 0.6) is 0 Å². The maximum atomic E-state index is 13.0. The van der Waals surface area contributed by atoms with Crippen molar-refractivity contribution < 1.29 is 27.6 Å². The molecule has 0 saturated carbocycles. The number of rotatable bonds is 3. The Kier molecular flexibility index (Phi) is 5.07. The Labute approximate surface area is 130 Å². The highest BCUT2D eigenvalue weighted by Crippen LogP contribution is 2.36. The van der Waals surface area contributed by atoms with Crippen LogP contribution in [0.25, 0.3) is 0 Å². The van der Waals surface area contributed by atoms with Crippen LogP contribution in [0.1, 0.15) is 30.4 Å². The highest BCUT2D eigenvalue weighted by molar-refractivity contribution is 5.68. The first kappa shape index (κ1) is 17.0. The molecule has 0 spiro atoms. The molecule has 1 saturated heterocycles. The van der Waals surface area contributed by atoms with Crippen molar-refractivity contribution >= 4 is 11.8 Å². The number of carbonyl (C=O) groups is 1. The molecular formula is C14H15F3N2O4. The molecule has 0 radical (unpaired) electrons. The van der Waals surface area contributed by atoms with E-state index in [2.05, 4.69) is 0 Å². The number of hydrogen-bond acceptors (Lipinski definition) is 4. The van der Waals surface area contributed by atoms with Gasteiger partial charge in [0, 0.05) is 19.2 Å². The number of ether oxygens (including phenoxy) is 1. The lowest BCUT2D eigenvalue weighted by Crippen LogP contribution is -2.36. The zero-order valence-corrected chi connectivity index (χ0v) is 12.1. The second kappa shape index (κ2) is 6.84. The molecule has 1 heterocycles. The summed E-state index contributed by atoms with van der Waals surface area (Å²) in [5.41, 5.74) is -2.53. The number of carbonyl (C=O) groups excluding carboxylic acids is 1. The molecule has 1 aliphatic heterocycles. The number of amides is 1.